The molecule has 1 aromatic carbocycles. The van der Waals surface area contributed by atoms with E-state index in [0.717, 1.165) is 23.5 Å². The van der Waals surface area contributed by atoms with Gasteiger partial charge >= 0.3 is 12.1 Å². The molecule has 1 aliphatic heterocycles. The summed E-state index contributed by atoms with van der Waals surface area (Å²) in [5.41, 5.74) is -1.50. The van der Waals surface area contributed by atoms with Crippen LogP contribution in [0, 0.1) is 29.6 Å². The molecular formula is C23H23F3N2O5. The predicted octanol–water partition coefficient (Wildman–Crippen LogP) is 3.02. The molecule has 7 nitrogen and oxygen atoms in total. The highest BCUT2D eigenvalue weighted by Gasteiger charge is 2.61. The lowest BCUT2D eigenvalue weighted by Gasteiger charge is -2.28. The monoisotopic (exact) mass is 464 g/mol. The molecule has 10 heteroatoms. The second-order valence-corrected chi connectivity index (χ2v) is 8.93. The Morgan fingerprint density at radius 1 is 1.09 bits per heavy atom. The number of esters is 1. The van der Waals surface area contributed by atoms with E-state index in [1.54, 1.807) is 13.8 Å². The Morgan fingerprint density at radius 2 is 1.67 bits per heavy atom. The summed E-state index contributed by atoms with van der Waals surface area (Å²) >= 11 is 0. The number of likely N-dealkylation sites (tertiary alicyclic amines) is 1. The van der Waals surface area contributed by atoms with Gasteiger partial charge in [0.05, 0.1) is 23.1 Å². The smallest absolute Gasteiger partial charge is 0.418 e. The largest absolute Gasteiger partial charge is 0.454 e. The number of benzene rings is 1. The van der Waals surface area contributed by atoms with Gasteiger partial charge in [-0.15, -0.1) is 0 Å². The van der Waals surface area contributed by atoms with E-state index in [9.17, 15) is 32.3 Å². The molecule has 1 N–H and O–H groups in total. The lowest BCUT2D eigenvalue weighted by molar-refractivity contribution is -0.162. The first-order chi connectivity index (χ1) is 15.5. The average molecular weight is 464 g/mol. The summed E-state index contributed by atoms with van der Waals surface area (Å²) in [5.74, 6) is -4.25. The summed E-state index contributed by atoms with van der Waals surface area (Å²) in [5, 5.41) is 2.09. The maximum absolute atomic E-state index is 13.1. The van der Waals surface area contributed by atoms with Crippen LogP contribution in [0.5, 0.6) is 0 Å². The summed E-state index contributed by atoms with van der Waals surface area (Å²) in [4.78, 5) is 52.0. The Labute approximate surface area is 187 Å². The van der Waals surface area contributed by atoms with E-state index in [2.05, 4.69) is 5.32 Å². The minimum atomic E-state index is -4.67. The van der Waals surface area contributed by atoms with Gasteiger partial charge in [0.25, 0.3) is 5.91 Å². The number of anilines is 1. The number of carbonyl (C=O) groups excluding carboxylic acids is 4. The van der Waals surface area contributed by atoms with Gasteiger partial charge in [0.1, 0.15) is 6.04 Å². The van der Waals surface area contributed by atoms with Crippen molar-refractivity contribution in [3.63, 3.8) is 0 Å². The normalized spacial score (nSPS) is 26.7. The Hall–Kier alpha value is -3.17. The Morgan fingerprint density at radius 3 is 2.21 bits per heavy atom. The van der Waals surface area contributed by atoms with Crippen LogP contribution in [0.4, 0.5) is 18.9 Å². The molecule has 0 radical (unpaired) electrons. The number of hydrogen-bond acceptors (Lipinski definition) is 5. The van der Waals surface area contributed by atoms with E-state index in [1.165, 1.54) is 12.1 Å². The van der Waals surface area contributed by atoms with Crippen LogP contribution < -0.4 is 5.32 Å². The summed E-state index contributed by atoms with van der Waals surface area (Å²) < 4.78 is 44.3. The molecule has 1 heterocycles. The second-order valence-electron chi connectivity index (χ2n) is 8.93. The first-order valence-electron chi connectivity index (χ1n) is 10.7. The molecule has 4 rings (SSSR count). The number of allylic oxidation sites excluding steroid dienone is 2. The number of carbonyl (C=O) groups is 4. The lowest BCUT2D eigenvalue weighted by Crippen LogP contribution is -2.50. The number of halogens is 3. The molecule has 3 amide bonds. The van der Waals surface area contributed by atoms with Gasteiger partial charge in [0.2, 0.25) is 11.8 Å². The van der Waals surface area contributed by atoms with Crippen molar-refractivity contribution in [2.45, 2.75) is 32.5 Å². The van der Waals surface area contributed by atoms with Crippen molar-refractivity contribution < 1.29 is 37.1 Å². The molecule has 0 aromatic heterocycles. The predicted molar refractivity (Wildman–Crippen MR) is 109 cm³/mol. The van der Waals surface area contributed by atoms with E-state index in [1.807, 2.05) is 12.2 Å². The zero-order valence-electron chi connectivity index (χ0n) is 18.0. The summed E-state index contributed by atoms with van der Waals surface area (Å²) in [6.07, 6.45) is -0.0538. The molecule has 1 saturated heterocycles. The minimum Gasteiger partial charge on any atom is -0.454 e. The number of rotatable bonds is 6. The first kappa shape index (κ1) is 23.0. The lowest BCUT2D eigenvalue weighted by atomic mass is 9.85. The number of hydrogen-bond donors (Lipinski definition) is 1. The molecule has 3 aliphatic rings. The van der Waals surface area contributed by atoms with Gasteiger partial charge in [-0.1, -0.05) is 38.1 Å². The van der Waals surface area contributed by atoms with Gasteiger partial charge in [-0.25, -0.2) is 4.79 Å². The summed E-state index contributed by atoms with van der Waals surface area (Å²) in [6, 6.07) is 3.20. The first-order valence-corrected chi connectivity index (χ1v) is 10.7. The highest BCUT2D eigenvalue weighted by atomic mass is 19.4. The van der Waals surface area contributed by atoms with E-state index in [4.69, 9.17) is 4.74 Å². The number of fused-ring (bicyclic) bond motifs is 5. The van der Waals surface area contributed by atoms with E-state index in [0.29, 0.717) is 0 Å². The Balaban J connectivity index is 1.43. The van der Waals surface area contributed by atoms with Crippen LogP contribution in [0.25, 0.3) is 0 Å². The van der Waals surface area contributed by atoms with E-state index < -0.39 is 71.5 Å². The van der Waals surface area contributed by atoms with Crippen molar-refractivity contribution in [3.8, 4) is 0 Å². The number of nitrogens with one attached hydrogen (secondary N) is 1. The third-order valence-corrected chi connectivity index (χ3v) is 6.51. The van der Waals surface area contributed by atoms with E-state index in [-0.39, 0.29) is 11.8 Å². The van der Waals surface area contributed by atoms with Gasteiger partial charge in [0.15, 0.2) is 6.61 Å². The fourth-order valence-electron chi connectivity index (χ4n) is 5.12. The summed E-state index contributed by atoms with van der Waals surface area (Å²) in [6.45, 7) is 2.43. The molecule has 1 aromatic rings. The fourth-order valence-corrected chi connectivity index (χ4v) is 5.12. The Bertz CT molecular complexity index is 1010. The number of amides is 3. The average Bonchev–Trinajstić information content (AvgIpc) is 3.42. The highest BCUT2D eigenvalue weighted by Crippen LogP contribution is 2.53. The molecule has 2 bridgehead atoms. The quantitative estimate of drug-likeness (QED) is 0.397. The van der Waals surface area contributed by atoms with Gasteiger partial charge in [-0.2, -0.15) is 13.2 Å². The number of ether oxygens (including phenoxy) is 1. The molecule has 0 unspecified atom stereocenters. The Kier molecular flexibility index (Phi) is 5.79. The third-order valence-electron chi connectivity index (χ3n) is 6.51. The molecule has 2 fully saturated rings. The van der Waals surface area contributed by atoms with Gasteiger partial charge in [-0.3, -0.25) is 19.3 Å². The second kappa shape index (κ2) is 8.31. The van der Waals surface area contributed by atoms with Crippen LogP contribution in [0.1, 0.15) is 25.8 Å². The zero-order valence-corrected chi connectivity index (χ0v) is 18.0. The number of nitrogens with zero attached hydrogens (tertiary/aromatic N) is 1. The molecule has 1 saturated carbocycles. The van der Waals surface area contributed by atoms with Crippen molar-refractivity contribution >= 4 is 29.4 Å². The van der Waals surface area contributed by atoms with Gasteiger partial charge < -0.3 is 10.1 Å². The molecule has 176 valence electrons. The molecule has 2 aliphatic carbocycles. The third kappa shape index (κ3) is 4.02. The SMILES string of the molecule is CC(C)[C@@H](C(=O)OCC(=O)Nc1ccccc1C(F)(F)F)N1C(=O)[C@@H]2[C@H](C1=O)[C@H]1C=C[C@H]2C1. The molecule has 33 heavy (non-hydrogen) atoms. The van der Waals surface area contributed by atoms with Crippen molar-refractivity contribution in [3.05, 3.63) is 42.0 Å². The van der Waals surface area contributed by atoms with Crippen LogP contribution in [0.15, 0.2) is 36.4 Å². The van der Waals surface area contributed by atoms with Gasteiger partial charge in [-0.05, 0) is 36.3 Å². The number of imide groups is 1. The summed E-state index contributed by atoms with van der Waals surface area (Å²) in [7, 11) is 0. The zero-order chi connectivity index (χ0) is 24.1. The highest BCUT2D eigenvalue weighted by molar-refractivity contribution is 6.09. The van der Waals surface area contributed by atoms with Crippen LogP contribution in [0.2, 0.25) is 0 Å². The standard InChI is InChI=1S/C23H23F3N2O5/c1-11(2)19(28-20(30)17-12-7-8-13(9-12)18(17)21(28)31)22(32)33-10-16(29)27-15-6-4-3-5-14(15)23(24,25)26/h3-8,11-13,17-19H,9-10H2,1-2H3,(H,27,29)/t12-,13-,17-,18+,19-/m0/s1. The maximum Gasteiger partial charge on any atom is 0.418 e. The van der Waals surface area contributed by atoms with Crippen LogP contribution >= 0.6 is 0 Å². The topological polar surface area (TPSA) is 92.8 Å². The molecule has 0 spiro atoms. The number of para-hydroxylation sites is 1. The molecular weight excluding hydrogens is 441 g/mol. The van der Waals surface area contributed by atoms with Crippen molar-refractivity contribution in [2.24, 2.45) is 29.6 Å². The van der Waals surface area contributed by atoms with Gasteiger partial charge in [0, 0.05) is 0 Å². The maximum atomic E-state index is 13.1. The minimum absolute atomic E-state index is 0.0234. The molecule has 5 atom stereocenters. The van der Waals surface area contributed by atoms with Crippen molar-refractivity contribution in [1.29, 1.82) is 0 Å². The fraction of sp³-hybridized carbons (Fsp3) is 0.478. The van der Waals surface area contributed by atoms with Crippen LogP contribution in [-0.2, 0) is 30.1 Å². The number of alkyl halides is 3. The van der Waals surface area contributed by atoms with Crippen LogP contribution in [0.3, 0.4) is 0 Å². The van der Waals surface area contributed by atoms with Crippen molar-refractivity contribution in [1.82, 2.24) is 4.90 Å². The van der Waals surface area contributed by atoms with E-state index >= 15 is 0 Å². The van der Waals surface area contributed by atoms with Crippen molar-refractivity contribution in [2.75, 3.05) is 11.9 Å². The van der Waals surface area contributed by atoms with Crippen LogP contribution in [-0.4, -0.2) is 41.2 Å².